The number of nitriles is 1. The van der Waals surface area contributed by atoms with Crippen molar-refractivity contribution in [2.45, 2.75) is 35.8 Å². The lowest BCUT2D eigenvalue weighted by atomic mass is 9.73. The van der Waals surface area contributed by atoms with E-state index in [1.54, 1.807) is 11.8 Å². The van der Waals surface area contributed by atoms with Crippen LogP contribution in [0.1, 0.15) is 26.2 Å². The van der Waals surface area contributed by atoms with Crippen LogP contribution in [0.4, 0.5) is 0 Å². The van der Waals surface area contributed by atoms with E-state index in [2.05, 4.69) is 41.1 Å². The van der Waals surface area contributed by atoms with Crippen molar-refractivity contribution in [3.63, 3.8) is 0 Å². The minimum atomic E-state index is -0.165. The Morgan fingerprint density at radius 1 is 1.56 bits per heavy atom. The van der Waals surface area contributed by atoms with Crippen molar-refractivity contribution in [1.82, 2.24) is 0 Å². The minimum Gasteiger partial charge on any atom is -0.197 e. The first-order chi connectivity index (χ1) is 7.67. The first-order valence-corrected chi connectivity index (χ1v) is 7.14. The summed E-state index contributed by atoms with van der Waals surface area (Å²) in [4.78, 5) is 1.19. The highest BCUT2D eigenvalue weighted by Crippen LogP contribution is 2.51. The Bertz CT molecular complexity index is 418. The van der Waals surface area contributed by atoms with Crippen molar-refractivity contribution in [2.75, 3.05) is 0 Å². The molecule has 0 amide bonds. The zero-order chi connectivity index (χ0) is 11.6. The van der Waals surface area contributed by atoms with Crippen LogP contribution < -0.4 is 0 Å². The number of rotatable bonds is 3. The Kier molecular flexibility index (Phi) is 3.61. The molecule has 1 aliphatic rings. The molecule has 1 nitrogen and oxygen atoms in total. The van der Waals surface area contributed by atoms with Crippen molar-refractivity contribution < 1.29 is 0 Å². The zero-order valence-corrected chi connectivity index (χ0v) is 11.6. The van der Waals surface area contributed by atoms with Crippen molar-refractivity contribution in [2.24, 2.45) is 5.92 Å². The summed E-state index contributed by atoms with van der Waals surface area (Å²) in [5.41, 5.74) is 0. The average molecular weight is 296 g/mol. The van der Waals surface area contributed by atoms with Gasteiger partial charge in [-0.2, -0.15) is 5.26 Å². The van der Waals surface area contributed by atoms with Crippen molar-refractivity contribution >= 4 is 27.7 Å². The van der Waals surface area contributed by atoms with Gasteiger partial charge in [0.25, 0.3) is 0 Å². The predicted octanol–water partition coefficient (Wildman–Crippen LogP) is 4.62. The van der Waals surface area contributed by atoms with E-state index in [1.807, 2.05) is 12.1 Å². The van der Waals surface area contributed by atoms with Crippen LogP contribution in [0.25, 0.3) is 0 Å². The number of hydrogen-bond donors (Lipinski definition) is 0. The molecule has 0 N–H and O–H groups in total. The quantitative estimate of drug-likeness (QED) is 0.812. The molecule has 0 radical (unpaired) electrons. The summed E-state index contributed by atoms with van der Waals surface area (Å²) < 4.78 is 0.915. The fourth-order valence-corrected chi connectivity index (χ4v) is 4.13. The molecule has 0 aromatic heterocycles. The largest absolute Gasteiger partial charge is 0.197 e. The molecule has 3 heteroatoms. The Morgan fingerprint density at radius 2 is 2.31 bits per heavy atom. The summed E-state index contributed by atoms with van der Waals surface area (Å²) in [6, 6.07) is 10.7. The molecule has 0 atom stereocenters. The maximum absolute atomic E-state index is 9.30. The van der Waals surface area contributed by atoms with Gasteiger partial charge in [0.1, 0.15) is 4.75 Å². The van der Waals surface area contributed by atoms with Crippen LogP contribution >= 0.6 is 27.7 Å². The standard InChI is InChI=1S/C13H14BrNS/c1-2-10-7-13(8-10,9-15)16-12-5-3-4-11(14)6-12/h3-6,10H,2,7-8H2,1H3. The maximum atomic E-state index is 9.30. The SMILES string of the molecule is CCC1CC(C#N)(Sc2cccc(Br)c2)C1. The highest BCUT2D eigenvalue weighted by atomic mass is 79.9. The number of hydrogen-bond acceptors (Lipinski definition) is 2. The summed E-state index contributed by atoms with van der Waals surface area (Å²) in [5, 5.41) is 9.30. The van der Waals surface area contributed by atoms with Gasteiger partial charge in [0.2, 0.25) is 0 Å². The maximum Gasteiger partial charge on any atom is 0.108 e. The highest BCUT2D eigenvalue weighted by molar-refractivity contribution is 9.10. The monoisotopic (exact) mass is 295 g/mol. The van der Waals surface area contributed by atoms with Gasteiger partial charge < -0.3 is 0 Å². The van der Waals surface area contributed by atoms with Crippen LogP contribution in [0.3, 0.4) is 0 Å². The summed E-state index contributed by atoms with van der Waals surface area (Å²) in [6.45, 7) is 2.20. The lowest BCUT2D eigenvalue weighted by Gasteiger charge is -2.41. The predicted molar refractivity (Wildman–Crippen MR) is 71.4 cm³/mol. The minimum absolute atomic E-state index is 0.165. The lowest BCUT2D eigenvalue weighted by Crippen LogP contribution is -2.39. The van der Waals surface area contributed by atoms with Gasteiger partial charge in [-0.15, -0.1) is 11.8 Å². The fourth-order valence-electron chi connectivity index (χ4n) is 2.12. The van der Waals surface area contributed by atoms with Crippen molar-refractivity contribution in [1.29, 1.82) is 5.26 Å². The number of thioether (sulfide) groups is 1. The van der Waals surface area contributed by atoms with Crippen molar-refractivity contribution in [3.05, 3.63) is 28.7 Å². The molecule has 1 aromatic carbocycles. The normalized spacial score (nSPS) is 28.2. The molecule has 0 heterocycles. The van der Waals surface area contributed by atoms with E-state index in [-0.39, 0.29) is 4.75 Å². The van der Waals surface area contributed by atoms with E-state index >= 15 is 0 Å². The molecule has 0 spiro atoms. The second kappa shape index (κ2) is 4.81. The molecule has 16 heavy (non-hydrogen) atoms. The van der Waals surface area contributed by atoms with E-state index in [0.29, 0.717) is 0 Å². The van der Waals surface area contributed by atoms with Crippen molar-refractivity contribution in [3.8, 4) is 6.07 Å². The average Bonchev–Trinajstić information content (AvgIpc) is 2.23. The first kappa shape index (κ1) is 12.0. The van der Waals surface area contributed by atoms with E-state index in [9.17, 15) is 5.26 Å². The molecule has 0 saturated heterocycles. The smallest absolute Gasteiger partial charge is 0.108 e. The lowest BCUT2D eigenvalue weighted by molar-refractivity contribution is 0.269. The Hall–Kier alpha value is -0.460. The first-order valence-electron chi connectivity index (χ1n) is 5.53. The number of nitrogens with zero attached hydrogens (tertiary/aromatic N) is 1. The van der Waals surface area contributed by atoms with Gasteiger partial charge >= 0.3 is 0 Å². The Labute approximate surface area is 109 Å². The van der Waals surface area contributed by atoms with Crippen LogP contribution in [-0.2, 0) is 0 Å². The van der Waals surface area contributed by atoms with Crippen LogP contribution in [0.15, 0.2) is 33.6 Å². The summed E-state index contributed by atoms with van der Waals surface area (Å²) in [7, 11) is 0. The van der Waals surface area contributed by atoms with Gasteiger partial charge in [-0.3, -0.25) is 0 Å². The molecule has 1 saturated carbocycles. The molecule has 84 valence electrons. The number of halogens is 1. The van der Waals surface area contributed by atoms with Crippen LogP contribution in [0.5, 0.6) is 0 Å². The van der Waals surface area contributed by atoms with Crippen LogP contribution in [-0.4, -0.2) is 4.75 Å². The summed E-state index contributed by atoms with van der Waals surface area (Å²) in [6.07, 6.45) is 3.27. The number of benzene rings is 1. The van der Waals surface area contributed by atoms with Gasteiger partial charge in [-0.05, 0) is 37.0 Å². The van der Waals surface area contributed by atoms with Gasteiger partial charge in [0.15, 0.2) is 0 Å². The Morgan fingerprint density at radius 3 is 2.88 bits per heavy atom. The molecule has 1 aromatic rings. The van der Waals surface area contributed by atoms with Gasteiger partial charge in [-0.25, -0.2) is 0 Å². The van der Waals surface area contributed by atoms with E-state index in [0.717, 1.165) is 23.2 Å². The second-order valence-corrected chi connectivity index (χ2v) is 6.72. The molecule has 1 aliphatic carbocycles. The topological polar surface area (TPSA) is 23.8 Å². The van der Waals surface area contributed by atoms with Gasteiger partial charge in [0.05, 0.1) is 6.07 Å². The third-order valence-electron chi connectivity index (χ3n) is 3.13. The summed E-state index contributed by atoms with van der Waals surface area (Å²) in [5.74, 6) is 0.749. The van der Waals surface area contributed by atoms with Gasteiger partial charge in [-0.1, -0.05) is 35.3 Å². The van der Waals surface area contributed by atoms with E-state index in [4.69, 9.17) is 0 Å². The summed E-state index contributed by atoms with van der Waals surface area (Å²) >= 11 is 5.18. The third kappa shape index (κ3) is 2.44. The van der Waals surface area contributed by atoms with Crippen LogP contribution in [0, 0.1) is 17.2 Å². The molecule has 0 bridgehead atoms. The van der Waals surface area contributed by atoms with E-state index in [1.165, 1.54) is 11.3 Å². The third-order valence-corrected chi connectivity index (χ3v) is 4.93. The Balaban J connectivity index is 2.07. The van der Waals surface area contributed by atoms with Crippen LogP contribution in [0.2, 0.25) is 0 Å². The molecular weight excluding hydrogens is 282 g/mol. The van der Waals surface area contributed by atoms with Gasteiger partial charge in [0, 0.05) is 9.37 Å². The zero-order valence-electron chi connectivity index (χ0n) is 9.24. The molecule has 0 unspecified atom stereocenters. The second-order valence-electron chi connectivity index (χ2n) is 4.35. The molecule has 0 aliphatic heterocycles. The highest BCUT2D eigenvalue weighted by Gasteiger charge is 2.44. The molecule has 2 rings (SSSR count). The molecule has 1 fully saturated rings. The van der Waals surface area contributed by atoms with E-state index < -0.39 is 0 Å². The fraction of sp³-hybridized carbons (Fsp3) is 0.462. The molecular formula is C13H14BrNS.